The number of rotatable bonds is 10. The molecule has 1 atom stereocenters. The molecule has 8 heteroatoms. The molecule has 0 aliphatic carbocycles. The Labute approximate surface area is 93.8 Å². The minimum absolute atomic E-state index is 0.0257. The predicted molar refractivity (Wildman–Crippen MR) is 53.5 cm³/mol. The van der Waals surface area contributed by atoms with Gasteiger partial charge in [0.25, 0.3) is 10.1 Å². The van der Waals surface area contributed by atoms with Gasteiger partial charge in [-0.05, 0) is 0 Å². The molecule has 0 saturated carbocycles. The highest BCUT2D eigenvalue weighted by atomic mass is 32.2. The van der Waals surface area contributed by atoms with Gasteiger partial charge in [-0.3, -0.25) is 4.18 Å². The van der Waals surface area contributed by atoms with Crippen molar-refractivity contribution in [3.05, 3.63) is 0 Å². The molecule has 0 aliphatic heterocycles. The molecule has 0 radical (unpaired) electrons. The first-order chi connectivity index (χ1) is 7.49. The van der Waals surface area contributed by atoms with Gasteiger partial charge in [0.15, 0.2) is 0 Å². The average Bonchev–Trinajstić information content (AvgIpc) is 2.20. The van der Waals surface area contributed by atoms with Crippen LogP contribution in [0.25, 0.3) is 0 Å². The number of aldehydes is 2. The van der Waals surface area contributed by atoms with Crippen LogP contribution >= 0.6 is 0 Å². The first-order valence-electron chi connectivity index (χ1n) is 4.40. The highest BCUT2D eigenvalue weighted by Crippen LogP contribution is 1.97. The van der Waals surface area contributed by atoms with Crippen LogP contribution in [-0.2, 0) is 33.4 Å². The fraction of sp³-hybridized carbons (Fsp3) is 0.750. The maximum absolute atomic E-state index is 10.7. The summed E-state index contributed by atoms with van der Waals surface area (Å²) in [7, 11) is -3.57. The Morgan fingerprint density at radius 1 is 1.12 bits per heavy atom. The molecule has 0 fully saturated rings. The molecular weight excluding hydrogens is 240 g/mol. The van der Waals surface area contributed by atoms with Crippen LogP contribution in [0.1, 0.15) is 0 Å². The van der Waals surface area contributed by atoms with E-state index in [2.05, 4.69) is 4.18 Å². The lowest BCUT2D eigenvalue weighted by molar-refractivity contribution is -0.119. The summed E-state index contributed by atoms with van der Waals surface area (Å²) in [6.45, 7) is -0.601. The molecule has 0 aromatic heterocycles. The van der Waals surface area contributed by atoms with E-state index in [1.54, 1.807) is 0 Å². The smallest absolute Gasteiger partial charge is 0.264 e. The van der Waals surface area contributed by atoms with E-state index in [1.807, 2.05) is 0 Å². The molecule has 1 unspecified atom stereocenters. The number of hydrogen-bond acceptors (Lipinski definition) is 7. The quantitative estimate of drug-likeness (QED) is 0.273. The van der Waals surface area contributed by atoms with Gasteiger partial charge >= 0.3 is 0 Å². The molecule has 94 valence electrons. The SMILES string of the molecule is CS(=O)(=O)OCC(COCC=O)OCC=O. The molecule has 0 aliphatic rings. The van der Waals surface area contributed by atoms with Gasteiger partial charge in [-0.15, -0.1) is 0 Å². The first-order valence-corrected chi connectivity index (χ1v) is 6.22. The van der Waals surface area contributed by atoms with E-state index in [4.69, 9.17) is 9.47 Å². The summed E-state index contributed by atoms with van der Waals surface area (Å²) in [5, 5.41) is 0. The second kappa shape index (κ2) is 8.34. The molecule has 0 rings (SSSR count). The largest absolute Gasteiger partial charge is 0.371 e. The van der Waals surface area contributed by atoms with Crippen LogP contribution in [-0.4, -0.2) is 59.8 Å². The van der Waals surface area contributed by atoms with E-state index in [1.165, 1.54) is 0 Å². The molecule has 16 heavy (non-hydrogen) atoms. The molecule has 7 nitrogen and oxygen atoms in total. The first kappa shape index (κ1) is 15.2. The summed E-state index contributed by atoms with van der Waals surface area (Å²) in [4.78, 5) is 20.0. The highest BCUT2D eigenvalue weighted by molar-refractivity contribution is 7.85. The summed E-state index contributed by atoms with van der Waals surface area (Å²) >= 11 is 0. The van der Waals surface area contributed by atoms with Gasteiger partial charge in [-0.25, -0.2) is 0 Å². The normalized spacial score (nSPS) is 13.3. The Morgan fingerprint density at radius 3 is 2.25 bits per heavy atom. The monoisotopic (exact) mass is 254 g/mol. The van der Waals surface area contributed by atoms with Crippen molar-refractivity contribution in [1.82, 2.24) is 0 Å². The van der Waals surface area contributed by atoms with E-state index < -0.39 is 16.2 Å². The lowest BCUT2D eigenvalue weighted by atomic mass is 10.4. The molecule has 0 saturated heterocycles. The zero-order chi connectivity index (χ0) is 12.4. The summed E-state index contributed by atoms with van der Waals surface area (Å²) in [6.07, 6.45) is 1.26. The summed E-state index contributed by atoms with van der Waals surface area (Å²) in [5.41, 5.74) is 0. The third-order valence-corrected chi connectivity index (χ3v) is 1.92. The van der Waals surface area contributed by atoms with E-state index in [9.17, 15) is 18.0 Å². The topological polar surface area (TPSA) is 96.0 Å². The third-order valence-electron chi connectivity index (χ3n) is 1.36. The van der Waals surface area contributed by atoms with Crippen molar-refractivity contribution in [2.45, 2.75) is 6.10 Å². The van der Waals surface area contributed by atoms with Crippen molar-refractivity contribution < 1.29 is 31.7 Å². The number of carbonyl (C=O) groups is 2. The Balaban J connectivity index is 3.98. The molecule has 0 spiro atoms. The van der Waals surface area contributed by atoms with Crippen LogP contribution < -0.4 is 0 Å². The summed E-state index contributed by atoms with van der Waals surface area (Å²) in [6, 6.07) is 0. The molecule has 0 amide bonds. The zero-order valence-electron chi connectivity index (χ0n) is 8.83. The van der Waals surface area contributed by atoms with Crippen molar-refractivity contribution in [3.8, 4) is 0 Å². The maximum Gasteiger partial charge on any atom is 0.264 e. The van der Waals surface area contributed by atoms with Gasteiger partial charge < -0.3 is 19.1 Å². The van der Waals surface area contributed by atoms with Gasteiger partial charge in [0, 0.05) is 0 Å². The third kappa shape index (κ3) is 9.71. The fourth-order valence-electron chi connectivity index (χ4n) is 0.767. The van der Waals surface area contributed by atoms with Gasteiger partial charge in [-0.2, -0.15) is 8.42 Å². The van der Waals surface area contributed by atoms with E-state index >= 15 is 0 Å². The number of hydrogen-bond donors (Lipinski definition) is 0. The van der Waals surface area contributed by atoms with Gasteiger partial charge in [0.1, 0.15) is 31.9 Å². The number of carbonyl (C=O) groups excluding carboxylic acids is 2. The van der Waals surface area contributed by atoms with Crippen LogP contribution in [0, 0.1) is 0 Å². The van der Waals surface area contributed by atoms with Crippen LogP contribution in [0.4, 0.5) is 0 Å². The Kier molecular flexibility index (Phi) is 7.90. The molecule has 0 N–H and O–H groups in total. The van der Waals surface area contributed by atoms with E-state index in [0.717, 1.165) is 6.26 Å². The molecule has 0 heterocycles. The van der Waals surface area contributed by atoms with Crippen LogP contribution in [0.3, 0.4) is 0 Å². The standard InChI is InChI=1S/C8H14O7S/c1-16(11,12)15-7-8(14-5-3-10)6-13-4-2-9/h2-3,8H,4-7H2,1H3. The van der Waals surface area contributed by atoms with Crippen molar-refractivity contribution >= 4 is 22.7 Å². The Morgan fingerprint density at radius 2 is 1.75 bits per heavy atom. The highest BCUT2D eigenvalue weighted by Gasteiger charge is 2.13. The Hall–Kier alpha value is -0.830. The minimum atomic E-state index is -3.57. The Bertz CT molecular complexity index is 298. The van der Waals surface area contributed by atoms with Crippen molar-refractivity contribution in [1.29, 1.82) is 0 Å². The summed E-state index contributed by atoms with van der Waals surface area (Å²) in [5.74, 6) is 0. The predicted octanol–water partition coefficient (Wildman–Crippen LogP) is -1.24. The lowest BCUT2D eigenvalue weighted by Crippen LogP contribution is -2.28. The van der Waals surface area contributed by atoms with Crippen molar-refractivity contribution in [2.24, 2.45) is 0 Å². The second-order valence-electron chi connectivity index (χ2n) is 2.81. The van der Waals surface area contributed by atoms with Crippen LogP contribution in [0.5, 0.6) is 0 Å². The fourth-order valence-corrected chi connectivity index (χ4v) is 1.17. The molecule has 0 aromatic rings. The molecular formula is C8H14O7S. The van der Waals surface area contributed by atoms with Gasteiger partial charge in [0.05, 0.1) is 19.5 Å². The maximum atomic E-state index is 10.7. The van der Waals surface area contributed by atoms with Crippen LogP contribution in [0.2, 0.25) is 0 Å². The molecule has 0 aromatic carbocycles. The second-order valence-corrected chi connectivity index (χ2v) is 4.46. The zero-order valence-corrected chi connectivity index (χ0v) is 9.64. The van der Waals surface area contributed by atoms with Gasteiger partial charge in [-0.1, -0.05) is 0 Å². The number of ether oxygens (including phenoxy) is 2. The summed E-state index contributed by atoms with van der Waals surface area (Å²) < 4.78 is 35.6. The van der Waals surface area contributed by atoms with E-state index in [0.29, 0.717) is 12.6 Å². The molecule has 0 bridgehead atoms. The van der Waals surface area contributed by atoms with E-state index in [-0.39, 0.29) is 26.4 Å². The van der Waals surface area contributed by atoms with Crippen molar-refractivity contribution in [3.63, 3.8) is 0 Å². The van der Waals surface area contributed by atoms with Gasteiger partial charge in [0.2, 0.25) is 0 Å². The lowest BCUT2D eigenvalue weighted by Gasteiger charge is -2.15. The average molecular weight is 254 g/mol. The van der Waals surface area contributed by atoms with Crippen LogP contribution in [0.15, 0.2) is 0 Å². The van der Waals surface area contributed by atoms with Crippen molar-refractivity contribution in [2.75, 3.05) is 32.7 Å². The minimum Gasteiger partial charge on any atom is -0.371 e.